The number of thiophene rings is 1. The van der Waals surface area contributed by atoms with Gasteiger partial charge in [0.25, 0.3) is 5.91 Å². The Bertz CT molecular complexity index is 879. The molecule has 0 saturated carbocycles. The van der Waals surface area contributed by atoms with Crippen molar-refractivity contribution in [3.05, 3.63) is 52.2 Å². The number of methoxy groups -OCH3 is 1. The zero-order chi connectivity index (χ0) is 22.1. The van der Waals surface area contributed by atoms with E-state index in [2.05, 4.69) is 20.7 Å². The van der Waals surface area contributed by atoms with Crippen LogP contribution in [-0.2, 0) is 25.5 Å². The summed E-state index contributed by atoms with van der Waals surface area (Å²) in [7, 11) is 1.25. The summed E-state index contributed by atoms with van der Waals surface area (Å²) in [5, 5.41) is 9.83. The molecule has 1 heterocycles. The smallest absolute Gasteiger partial charge is 0.325 e. The molecule has 1 atom stereocenters. The van der Waals surface area contributed by atoms with Gasteiger partial charge in [-0.25, -0.2) is 0 Å². The topological polar surface area (TPSA) is 114 Å². The molecule has 0 radical (unpaired) electrons. The minimum atomic E-state index is -0.691. The van der Waals surface area contributed by atoms with Crippen LogP contribution < -0.4 is 16.0 Å². The van der Waals surface area contributed by atoms with Gasteiger partial charge in [-0.2, -0.15) is 0 Å². The van der Waals surface area contributed by atoms with Crippen molar-refractivity contribution in [1.82, 2.24) is 10.6 Å². The second kappa shape index (κ2) is 11.1. The molecular weight excluding hydrogens is 406 g/mol. The molecule has 8 nitrogen and oxygen atoms in total. The van der Waals surface area contributed by atoms with Gasteiger partial charge >= 0.3 is 5.97 Å². The number of benzene rings is 1. The second-order valence-electron chi connectivity index (χ2n) is 6.89. The highest BCUT2D eigenvalue weighted by Crippen LogP contribution is 2.14. The summed E-state index contributed by atoms with van der Waals surface area (Å²) in [6.45, 7) is 3.53. The first kappa shape index (κ1) is 23.1. The van der Waals surface area contributed by atoms with Crippen molar-refractivity contribution in [3.8, 4) is 0 Å². The first-order valence-corrected chi connectivity index (χ1v) is 10.3. The Morgan fingerprint density at radius 1 is 1.07 bits per heavy atom. The Kier molecular flexibility index (Phi) is 8.54. The van der Waals surface area contributed by atoms with E-state index in [0.717, 1.165) is 5.56 Å². The molecule has 1 aromatic carbocycles. The quantitative estimate of drug-likeness (QED) is 0.526. The number of carbonyl (C=O) groups is 4. The molecule has 0 spiro atoms. The zero-order valence-corrected chi connectivity index (χ0v) is 17.9. The molecule has 0 bridgehead atoms. The van der Waals surface area contributed by atoms with Crippen LogP contribution in [0, 0.1) is 5.92 Å². The molecule has 9 heteroatoms. The molecule has 1 aromatic heterocycles. The van der Waals surface area contributed by atoms with Crippen molar-refractivity contribution in [2.24, 2.45) is 5.92 Å². The van der Waals surface area contributed by atoms with Crippen molar-refractivity contribution in [2.45, 2.75) is 26.3 Å². The molecule has 0 aliphatic carbocycles. The minimum absolute atomic E-state index is 0.0940. The number of esters is 1. The largest absolute Gasteiger partial charge is 0.468 e. The summed E-state index contributed by atoms with van der Waals surface area (Å²) in [5.41, 5.74) is 1.27. The zero-order valence-electron chi connectivity index (χ0n) is 17.1. The fraction of sp³-hybridized carbons (Fsp3) is 0.333. The van der Waals surface area contributed by atoms with Gasteiger partial charge in [-0.05, 0) is 35.1 Å². The molecule has 0 fully saturated rings. The van der Waals surface area contributed by atoms with Crippen molar-refractivity contribution in [2.75, 3.05) is 19.0 Å². The van der Waals surface area contributed by atoms with Crippen molar-refractivity contribution in [1.29, 1.82) is 0 Å². The fourth-order valence-electron chi connectivity index (χ4n) is 2.57. The molecule has 160 valence electrons. The number of anilines is 1. The Morgan fingerprint density at radius 3 is 2.33 bits per heavy atom. The summed E-state index contributed by atoms with van der Waals surface area (Å²) in [6, 6.07) is 9.57. The van der Waals surface area contributed by atoms with Crippen LogP contribution in [-0.4, -0.2) is 43.4 Å². The van der Waals surface area contributed by atoms with Gasteiger partial charge in [-0.15, -0.1) is 11.3 Å². The van der Waals surface area contributed by atoms with Crippen LogP contribution in [0.5, 0.6) is 0 Å². The summed E-state index contributed by atoms with van der Waals surface area (Å²) in [6.07, 6.45) is 0.0940. The van der Waals surface area contributed by atoms with Crippen LogP contribution in [0.4, 0.5) is 5.69 Å². The van der Waals surface area contributed by atoms with Crippen LogP contribution in [0.25, 0.3) is 0 Å². The van der Waals surface area contributed by atoms with Crippen molar-refractivity contribution >= 4 is 40.7 Å². The average Bonchev–Trinajstić information content (AvgIpc) is 3.26. The summed E-state index contributed by atoms with van der Waals surface area (Å²) in [5.74, 6) is -1.54. The molecule has 30 heavy (non-hydrogen) atoms. The van der Waals surface area contributed by atoms with Gasteiger partial charge in [0, 0.05) is 5.69 Å². The van der Waals surface area contributed by atoms with E-state index in [1.165, 1.54) is 18.4 Å². The van der Waals surface area contributed by atoms with Crippen LogP contribution in [0.1, 0.15) is 29.1 Å². The highest BCUT2D eigenvalue weighted by atomic mass is 32.1. The number of amides is 3. The maximum atomic E-state index is 12.7. The third-order valence-corrected chi connectivity index (χ3v) is 5.09. The van der Waals surface area contributed by atoms with E-state index >= 15 is 0 Å². The molecule has 1 unspecified atom stereocenters. The Hall–Kier alpha value is -3.20. The van der Waals surface area contributed by atoms with E-state index in [1.807, 2.05) is 13.8 Å². The lowest BCUT2D eigenvalue weighted by Crippen LogP contribution is -2.46. The predicted molar refractivity (Wildman–Crippen MR) is 114 cm³/mol. The summed E-state index contributed by atoms with van der Waals surface area (Å²) in [4.78, 5) is 48.4. The fourth-order valence-corrected chi connectivity index (χ4v) is 3.20. The van der Waals surface area contributed by atoms with E-state index < -0.39 is 12.0 Å². The van der Waals surface area contributed by atoms with Gasteiger partial charge in [0.15, 0.2) is 0 Å². The van der Waals surface area contributed by atoms with Crippen LogP contribution in [0.2, 0.25) is 0 Å². The normalized spacial score (nSPS) is 11.5. The third kappa shape index (κ3) is 7.00. The van der Waals surface area contributed by atoms with E-state index in [0.29, 0.717) is 10.6 Å². The molecule has 0 aliphatic heterocycles. The molecule has 0 aliphatic rings. The third-order valence-electron chi connectivity index (χ3n) is 4.22. The van der Waals surface area contributed by atoms with E-state index in [-0.39, 0.29) is 36.6 Å². The van der Waals surface area contributed by atoms with E-state index in [1.54, 1.807) is 41.8 Å². The molecule has 3 amide bonds. The highest BCUT2D eigenvalue weighted by Gasteiger charge is 2.25. The number of nitrogens with one attached hydrogen (secondary N) is 3. The molecular formula is C21H25N3O5S. The van der Waals surface area contributed by atoms with Gasteiger partial charge in [-0.3, -0.25) is 19.2 Å². The number of hydrogen-bond donors (Lipinski definition) is 3. The van der Waals surface area contributed by atoms with Gasteiger partial charge in [0.1, 0.15) is 12.6 Å². The molecule has 0 saturated heterocycles. The monoisotopic (exact) mass is 431 g/mol. The Morgan fingerprint density at radius 2 is 1.77 bits per heavy atom. The minimum Gasteiger partial charge on any atom is -0.468 e. The van der Waals surface area contributed by atoms with Crippen LogP contribution >= 0.6 is 11.3 Å². The van der Waals surface area contributed by atoms with Crippen molar-refractivity contribution < 1.29 is 23.9 Å². The highest BCUT2D eigenvalue weighted by molar-refractivity contribution is 7.12. The van der Waals surface area contributed by atoms with E-state index in [4.69, 9.17) is 0 Å². The molecule has 2 rings (SSSR count). The lowest BCUT2D eigenvalue weighted by atomic mass is 10.0. The lowest BCUT2D eigenvalue weighted by molar-refractivity contribution is -0.141. The summed E-state index contributed by atoms with van der Waals surface area (Å²) >= 11 is 1.31. The van der Waals surface area contributed by atoms with Gasteiger partial charge in [0.05, 0.1) is 18.4 Å². The maximum Gasteiger partial charge on any atom is 0.325 e. The van der Waals surface area contributed by atoms with Crippen molar-refractivity contribution in [3.63, 3.8) is 0 Å². The first-order chi connectivity index (χ1) is 14.3. The predicted octanol–water partition coefficient (Wildman–Crippen LogP) is 1.97. The van der Waals surface area contributed by atoms with Crippen LogP contribution in [0.15, 0.2) is 41.8 Å². The first-order valence-electron chi connectivity index (χ1n) is 9.38. The van der Waals surface area contributed by atoms with Gasteiger partial charge in [-0.1, -0.05) is 32.0 Å². The SMILES string of the molecule is COC(=O)CNC(=O)Cc1ccc(NC(=O)C(NC(=O)c2cccs2)C(C)C)cc1. The van der Waals surface area contributed by atoms with Gasteiger partial charge < -0.3 is 20.7 Å². The molecule has 2 aromatic rings. The Labute approximate surface area is 179 Å². The van der Waals surface area contributed by atoms with Gasteiger partial charge in [0.2, 0.25) is 11.8 Å². The summed E-state index contributed by atoms with van der Waals surface area (Å²) < 4.78 is 4.46. The van der Waals surface area contributed by atoms with E-state index in [9.17, 15) is 19.2 Å². The average molecular weight is 432 g/mol. The number of ether oxygens (including phenoxy) is 1. The maximum absolute atomic E-state index is 12.7. The van der Waals surface area contributed by atoms with Crippen LogP contribution in [0.3, 0.4) is 0 Å². The lowest BCUT2D eigenvalue weighted by Gasteiger charge is -2.21. The standard InChI is InChI=1S/C21H25N3O5S/c1-13(2)19(24-20(27)16-5-4-10-30-16)21(28)23-15-8-6-14(7-9-15)11-17(25)22-12-18(26)29-3/h4-10,13,19H,11-12H2,1-3H3,(H,22,25)(H,23,28)(H,24,27). The number of carbonyl (C=O) groups excluding carboxylic acids is 4. The number of rotatable bonds is 9. The Balaban J connectivity index is 1.92. The number of hydrogen-bond acceptors (Lipinski definition) is 6. The second-order valence-corrected chi connectivity index (χ2v) is 7.84. The molecule has 3 N–H and O–H groups in total.